The maximum absolute atomic E-state index is 13.6. The monoisotopic (exact) mass is 1190 g/mol. The number of hydrogen-bond donors (Lipinski definition) is 5. The fourth-order valence-electron chi connectivity index (χ4n) is 10.4. The highest BCUT2D eigenvalue weighted by Crippen LogP contribution is 2.42. The minimum Gasteiger partial charge on any atom is -0.491 e. The SMILES string of the molecule is CC(C)(O)C(=O)c1ccc(OCCO)cc1.CC(C)(O)C(=O)c1ccccc1.COC(=O)C(=O)c1ccccc1.COC1(OC)C=CC=CC1CC(=O)c1ccccc1.O=C(c1ccccc1C1(O)CCCCC1)c1ccccc1C1(O)CCCCC1. The molecule has 3 aliphatic carbocycles. The Morgan fingerprint density at radius 2 is 0.908 bits per heavy atom. The summed E-state index contributed by atoms with van der Waals surface area (Å²) in [4.78, 5) is 70.8. The van der Waals surface area contributed by atoms with Gasteiger partial charge in [0.1, 0.15) is 23.6 Å². The number of carbonyl (C=O) groups excluding carboxylic acids is 6. The van der Waals surface area contributed by atoms with Crippen molar-refractivity contribution in [1.82, 2.24) is 0 Å². The Labute approximate surface area is 511 Å². The molecule has 0 amide bonds. The van der Waals surface area contributed by atoms with Crippen molar-refractivity contribution in [1.29, 1.82) is 0 Å². The van der Waals surface area contributed by atoms with Crippen LogP contribution in [0, 0.1) is 5.92 Å². The Balaban J connectivity index is 0.000000207. The van der Waals surface area contributed by atoms with E-state index in [2.05, 4.69) is 4.74 Å². The molecule has 0 aromatic heterocycles. The van der Waals surface area contributed by atoms with Crippen molar-refractivity contribution in [3.63, 3.8) is 0 Å². The highest BCUT2D eigenvalue weighted by Gasteiger charge is 2.39. The first-order valence-electron chi connectivity index (χ1n) is 29.3. The second-order valence-electron chi connectivity index (χ2n) is 22.5. The number of ketones is 5. The molecule has 0 heterocycles. The zero-order chi connectivity index (χ0) is 63.7. The summed E-state index contributed by atoms with van der Waals surface area (Å²) in [6.07, 6.45) is 16.9. The molecule has 0 saturated heterocycles. The van der Waals surface area contributed by atoms with Gasteiger partial charge in [-0.1, -0.05) is 196 Å². The molecule has 3 aliphatic rings. The van der Waals surface area contributed by atoms with E-state index >= 15 is 0 Å². The number of aliphatic hydroxyl groups is 5. The van der Waals surface area contributed by atoms with E-state index in [4.69, 9.17) is 19.3 Å². The number of allylic oxidation sites excluding steroid dienone is 2. The van der Waals surface area contributed by atoms with Gasteiger partial charge in [0.2, 0.25) is 0 Å². The van der Waals surface area contributed by atoms with Crippen LogP contribution in [0.15, 0.2) is 188 Å². The first-order chi connectivity index (χ1) is 41.5. The Bertz CT molecular complexity index is 3140. The van der Waals surface area contributed by atoms with Gasteiger partial charge >= 0.3 is 5.97 Å². The number of benzene rings is 6. The second kappa shape index (κ2) is 33.3. The summed E-state index contributed by atoms with van der Waals surface area (Å²) in [6, 6.07) is 47.8. The number of esters is 1. The Morgan fingerprint density at radius 3 is 1.32 bits per heavy atom. The molecule has 462 valence electrons. The van der Waals surface area contributed by atoms with Crippen LogP contribution in [-0.4, -0.2) is 112 Å². The van der Waals surface area contributed by atoms with Crippen LogP contribution in [0.2, 0.25) is 0 Å². The largest absolute Gasteiger partial charge is 0.491 e. The molecule has 87 heavy (non-hydrogen) atoms. The summed E-state index contributed by atoms with van der Waals surface area (Å²) in [6.45, 7) is 6.05. The van der Waals surface area contributed by atoms with E-state index in [9.17, 15) is 49.2 Å². The molecule has 15 heteroatoms. The predicted molar refractivity (Wildman–Crippen MR) is 334 cm³/mol. The van der Waals surface area contributed by atoms with Gasteiger partial charge in [0.05, 0.1) is 24.9 Å². The first kappa shape index (κ1) is 69.9. The number of rotatable bonds is 18. The predicted octanol–water partition coefficient (Wildman–Crippen LogP) is 11.9. The van der Waals surface area contributed by atoms with Gasteiger partial charge in [-0.15, -0.1) is 0 Å². The van der Waals surface area contributed by atoms with E-state index in [0.717, 1.165) is 49.7 Å². The minimum atomic E-state index is -1.37. The standard InChI is InChI=1S/C25H30O3.C16H18O3.C12H16O4.C10H12O2.C9H8O3/c26-23(19-11-3-5-13-21(19)24(27)15-7-1-8-16-24)20-12-4-6-14-22(20)25(28)17-9-2-10-18-25;1-18-16(19-2)11-7-6-10-14(16)12-15(17)13-8-4-3-5-9-13;1-12(2,15)11(14)9-3-5-10(6-4-9)16-8-7-13;1-10(2,12)9(11)8-6-4-3-5-7-8;1-12-9(11)8(10)7-5-3-2-4-6-7/h3-6,11-14,27-28H,1-2,7-10,15-18H2;3-11,14H,12H2,1-2H3;3-6,13,15H,7-8H2,1-2H3;3-7,12H,1-2H3;2-6H,1H3. The second-order valence-corrected chi connectivity index (χ2v) is 22.5. The Hall–Kier alpha value is -7.86. The van der Waals surface area contributed by atoms with Gasteiger partial charge in [-0.2, -0.15) is 0 Å². The molecule has 2 fully saturated rings. The van der Waals surface area contributed by atoms with Gasteiger partial charge in [0.15, 0.2) is 28.9 Å². The molecule has 0 radical (unpaired) electrons. The van der Waals surface area contributed by atoms with E-state index in [1.165, 1.54) is 34.8 Å². The third-order valence-corrected chi connectivity index (χ3v) is 15.2. The lowest BCUT2D eigenvalue weighted by atomic mass is 9.74. The highest BCUT2D eigenvalue weighted by molar-refractivity contribution is 6.40. The lowest BCUT2D eigenvalue weighted by Gasteiger charge is -2.35. The quantitative estimate of drug-likeness (QED) is 0.0233. The van der Waals surface area contributed by atoms with Crippen LogP contribution >= 0.6 is 0 Å². The van der Waals surface area contributed by atoms with Crippen LogP contribution in [0.25, 0.3) is 0 Å². The number of aliphatic hydroxyl groups excluding tert-OH is 1. The zero-order valence-electron chi connectivity index (χ0n) is 51.0. The normalized spacial score (nSPS) is 16.2. The molecule has 1 atom stereocenters. The Morgan fingerprint density at radius 1 is 0.506 bits per heavy atom. The topological polar surface area (TPSA) is 240 Å². The number of carbonyl (C=O) groups is 6. The lowest BCUT2D eigenvalue weighted by Crippen LogP contribution is -2.41. The molecular weight excluding hydrogens is 1100 g/mol. The third-order valence-electron chi connectivity index (χ3n) is 15.2. The van der Waals surface area contributed by atoms with E-state index in [1.807, 2.05) is 109 Å². The first-order valence-corrected chi connectivity index (χ1v) is 29.3. The van der Waals surface area contributed by atoms with Gasteiger partial charge in [0.25, 0.3) is 5.78 Å². The van der Waals surface area contributed by atoms with Gasteiger partial charge in [-0.05, 0) is 94.8 Å². The van der Waals surface area contributed by atoms with E-state index < -0.39 is 39.9 Å². The van der Waals surface area contributed by atoms with E-state index in [1.54, 1.807) is 93.1 Å². The number of hydrogen-bond acceptors (Lipinski definition) is 15. The van der Waals surface area contributed by atoms with Crippen molar-refractivity contribution in [2.75, 3.05) is 34.5 Å². The fraction of sp³-hybridized carbons (Fsp3) is 0.361. The average Bonchev–Trinajstić information content (AvgIpc) is 1.40. The molecule has 2 saturated carbocycles. The highest BCUT2D eigenvalue weighted by atomic mass is 16.7. The fourth-order valence-corrected chi connectivity index (χ4v) is 10.4. The van der Waals surface area contributed by atoms with Crippen molar-refractivity contribution in [3.05, 3.63) is 233 Å². The molecule has 15 nitrogen and oxygen atoms in total. The molecule has 0 bridgehead atoms. The number of methoxy groups -OCH3 is 3. The van der Waals surface area contributed by atoms with Crippen LogP contribution in [-0.2, 0) is 30.2 Å². The van der Waals surface area contributed by atoms with Gasteiger partial charge in [0, 0.05) is 59.9 Å². The number of ether oxygens (including phenoxy) is 4. The van der Waals surface area contributed by atoms with Gasteiger partial charge in [-0.25, -0.2) is 4.79 Å². The van der Waals surface area contributed by atoms with Crippen molar-refractivity contribution in [2.45, 2.75) is 127 Å². The van der Waals surface area contributed by atoms with Gasteiger partial charge < -0.3 is 44.5 Å². The molecule has 0 aliphatic heterocycles. The van der Waals surface area contributed by atoms with E-state index in [-0.39, 0.29) is 42.3 Å². The molecule has 9 rings (SSSR count). The Kier molecular flexibility index (Phi) is 26.8. The zero-order valence-corrected chi connectivity index (χ0v) is 51.0. The van der Waals surface area contributed by atoms with Crippen LogP contribution in [0.1, 0.15) is 167 Å². The van der Waals surface area contributed by atoms with Crippen LogP contribution in [0.5, 0.6) is 5.75 Å². The molecule has 6 aromatic carbocycles. The van der Waals surface area contributed by atoms with Crippen molar-refractivity contribution in [3.8, 4) is 5.75 Å². The van der Waals surface area contributed by atoms with Crippen LogP contribution in [0.4, 0.5) is 0 Å². The summed E-state index contributed by atoms with van der Waals surface area (Å²) < 4.78 is 20.4. The maximum atomic E-state index is 13.6. The van der Waals surface area contributed by atoms with Crippen LogP contribution in [0.3, 0.4) is 0 Å². The molecule has 5 N–H and O–H groups in total. The van der Waals surface area contributed by atoms with Crippen LogP contribution < -0.4 is 4.74 Å². The third kappa shape index (κ3) is 20.1. The van der Waals surface area contributed by atoms with E-state index in [0.29, 0.717) is 71.2 Å². The molecule has 0 spiro atoms. The minimum absolute atomic E-state index is 0.0512. The number of Topliss-reactive ketones (excluding diaryl/α,β-unsaturated/α-hetero) is 4. The summed E-state index contributed by atoms with van der Waals surface area (Å²) >= 11 is 0. The summed E-state index contributed by atoms with van der Waals surface area (Å²) in [5, 5.41) is 50.1. The smallest absolute Gasteiger partial charge is 0.379 e. The molecule has 1 unspecified atom stereocenters. The average molecular weight is 1190 g/mol. The van der Waals surface area contributed by atoms with Crippen molar-refractivity contribution < 1.29 is 73.2 Å². The lowest BCUT2D eigenvalue weighted by molar-refractivity contribution is -0.194. The molecule has 6 aromatic rings. The summed E-state index contributed by atoms with van der Waals surface area (Å²) in [5.41, 5.74) is 0.162. The molecular formula is C72H84O15. The summed E-state index contributed by atoms with van der Waals surface area (Å²) in [7, 11) is 4.36. The van der Waals surface area contributed by atoms with Crippen molar-refractivity contribution >= 4 is 34.9 Å². The maximum Gasteiger partial charge on any atom is 0.379 e. The van der Waals surface area contributed by atoms with Crippen molar-refractivity contribution in [2.24, 2.45) is 5.92 Å². The summed E-state index contributed by atoms with van der Waals surface area (Å²) in [5.74, 6) is -2.42. The van der Waals surface area contributed by atoms with Gasteiger partial charge in [-0.3, -0.25) is 24.0 Å².